The highest BCUT2D eigenvalue weighted by atomic mass is 35.5. The van der Waals surface area contributed by atoms with Gasteiger partial charge in [-0.1, -0.05) is 11.6 Å². The average molecular weight is 418 g/mol. The molecule has 3 aromatic rings. The Kier molecular flexibility index (Phi) is 5.29. The molecule has 1 saturated carbocycles. The third kappa shape index (κ3) is 4.97. The van der Waals surface area contributed by atoms with Crippen LogP contribution in [0.1, 0.15) is 17.7 Å². The molecule has 0 bridgehead atoms. The molecule has 0 radical (unpaired) electrons. The number of carbonyl (C=O) groups is 1. The highest BCUT2D eigenvalue weighted by molar-refractivity contribution is 7.99. The van der Waals surface area contributed by atoms with Crippen LogP contribution in [0.15, 0.2) is 46.6 Å². The summed E-state index contributed by atoms with van der Waals surface area (Å²) in [5, 5.41) is 7.73. The van der Waals surface area contributed by atoms with Gasteiger partial charge in [0.1, 0.15) is 11.0 Å². The van der Waals surface area contributed by atoms with Gasteiger partial charge < -0.3 is 10.6 Å². The fourth-order valence-corrected chi connectivity index (χ4v) is 4.01. The molecule has 1 fully saturated rings. The molecule has 4 rings (SSSR count). The van der Waals surface area contributed by atoms with Gasteiger partial charge in [-0.15, -0.1) is 11.3 Å². The van der Waals surface area contributed by atoms with Gasteiger partial charge in [-0.2, -0.15) is 0 Å². The lowest BCUT2D eigenvalue weighted by atomic mass is 10.3. The molecule has 2 aromatic heterocycles. The molecule has 1 aromatic carbocycles. The van der Waals surface area contributed by atoms with Crippen molar-refractivity contribution < 1.29 is 4.79 Å². The molecular weight excluding hydrogens is 402 g/mol. The molecule has 138 valence electrons. The van der Waals surface area contributed by atoms with Crippen molar-refractivity contribution in [3.63, 3.8) is 0 Å². The molecule has 0 aliphatic heterocycles. The first-order valence-corrected chi connectivity index (χ1v) is 10.4. The fraction of sp³-hybridized carbons (Fsp3) is 0.222. The van der Waals surface area contributed by atoms with Gasteiger partial charge in [0.05, 0.1) is 0 Å². The van der Waals surface area contributed by atoms with Gasteiger partial charge in [0, 0.05) is 33.6 Å². The predicted molar refractivity (Wildman–Crippen MR) is 109 cm³/mol. The molecule has 9 heteroatoms. The van der Waals surface area contributed by atoms with E-state index in [4.69, 9.17) is 11.6 Å². The Hall–Kier alpha value is -2.16. The molecule has 2 N–H and O–H groups in total. The Labute approximate surface area is 169 Å². The summed E-state index contributed by atoms with van der Waals surface area (Å²) in [6, 6.07) is 9.28. The van der Waals surface area contributed by atoms with E-state index in [0.717, 1.165) is 33.4 Å². The molecule has 27 heavy (non-hydrogen) atoms. The van der Waals surface area contributed by atoms with Gasteiger partial charge in [0.2, 0.25) is 5.91 Å². The van der Waals surface area contributed by atoms with Crippen LogP contribution in [-0.4, -0.2) is 20.9 Å². The Morgan fingerprint density at radius 1 is 1.26 bits per heavy atom. The van der Waals surface area contributed by atoms with Crippen LogP contribution in [0, 0.1) is 12.8 Å². The van der Waals surface area contributed by atoms with Gasteiger partial charge in [-0.05, 0) is 55.8 Å². The Balaban J connectivity index is 1.44. The predicted octanol–water partition coefficient (Wildman–Crippen LogP) is 5.14. The zero-order valence-corrected chi connectivity index (χ0v) is 16.8. The summed E-state index contributed by atoms with van der Waals surface area (Å²) in [5.41, 5.74) is 0.796. The zero-order chi connectivity index (χ0) is 18.8. The van der Waals surface area contributed by atoms with Crippen LogP contribution >= 0.6 is 34.7 Å². The van der Waals surface area contributed by atoms with E-state index in [2.05, 4.69) is 25.6 Å². The number of halogens is 1. The van der Waals surface area contributed by atoms with Crippen molar-refractivity contribution in [2.24, 2.45) is 5.92 Å². The van der Waals surface area contributed by atoms with Crippen molar-refractivity contribution in [3.8, 4) is 0 Å². The smallest absolute Gasteiger partial charge is 0.227 e. The van der Waals surface area contributed by atoms with Gasteiger partial charge >= 0.3 is 0 Å². The minimum absolute atomic E-state index is 0.0988. The van der Waals surface area contributed by atoms with Crippen molar-refractivity contribution in [1.29, 1.82) is 0 Å². The van der Waals surface area contributed by atoms with Crippen LogP contribution in [0.3, 0.4) is 0 Å². The SMILES string of the molecule is Cc1cnc(Nc2cc(Cl)nc(Sc3ccc(NC(=O)C4CC4)cc3)n2)s1. The monoisotopic (exact) mass is 417 g/mol. The number of aromatic nitrogens is 3. The van der Waals surface area contributed by atoms with Crippen molar-refractivity contribution in [2.75, 3.05) is 10.6 Å². The first-order valence-electron chi connectivity index (χ1n) is 8.38. The summed E-state index contributed by atoms with van der Waals surface area (Å²) in [4.78, 5) is 26.9. The lowest BCUT2D eigenvalue weighted by Gasteiger charge is -2.07. The summed E-state index contributed by atoms with van der Waals surface area (Å²) in [5.74, 6) is 0.883. The quantitative estimate of drug-likeness (QED) is 0.427. The number of nitrogens with zero attached hydrogens (tertiary/aromatic N) is 3. The molecule has 1 aliphatic carbocycles. The van der Waals surface area contributed by atoms with E-state index in [1.165, 1.54) is 11.8 Å². The first-order chi connectivity index (χ1) is 13.0. The lowest BCUT2D eigenvalue weighted by molar-refractivity contribution is -0.117. The van der Waals surface area contributed by atoms with Crippen molar-refractivity contribution in [3.05, 3.63) is 46.6 Å². The van der Waals surface area contributed by atoms with Gasteiger partial charge in [-0.3, -0.25) is 4.79 Å². The second-order valence-corrected chi connectivity index (χ2v) is 8.81. The molecule has 0 unspecified atom stereocenters. The summed E-state index contributed by atoms with van der Waals surface area (Å²) in [7, 11) is 0. The van der Waals surface area contributed by atoms with Crippen LogP contribution in [0.2, 0.25) is 5.15 Å². The van der Waals surface area contributed by atoms with E-state index in [0.29, 0.717) is 16.1 Å². The maximum atomic E-state index is 11.8. The number of amides is 1. The highest BCUT2D eigenvalue weighted by Crippen LogP contribution is 2.32. The highest BCUT2D eigenvalue weighted by Gasteiger charge is 2.29. The summed E-state index contributed by atoms with van der Waals surface area (Å²) >= 11 is 9.08. The Morgan fingerprint density at radius 2 is 2.04 bits per heavy atom. The minimum Gasteiger partial charge on any atom is -0.326 e. The molecule has 1 amide bonds. The third-order valence-corrected chi connectivity index (χ3v) is 5.70. The number of hydrogen-bond donors (Lipinski definition) is 2. The number of rotatable bonds is 6. The molecule has 0 saturated heterocycles. The number of benzene rings is 1. The summed E-state index contributed by atoms with van der Waals surface area (Å²) < 4.78 is 0. The van der Waals surface area contributed by atoms with Crippen LogP contribution in [0.5, 0.6) is 0 Å². The van der Waals surface area contributed by atoms with Gasteiger partial charge in [0.15, 0.2) is 10.3 Å². The van der Waals surface area contributed by atoms with Crippen LogP contribution in [0.25, 0.3) is 0 Å². The normalized spacial score (nSPS) is 13.4. The second kappa shape index (κ2) is 7.84. The van der Waals surface area contributed by atoms with Crippen molar-refractivity contribution >= 4 is 57.2 Å². The van der Waals surface area contributed by atoms with Crippen molar-refractivity contribution in [2.45, 2.75) is 29.8 Å². The van der Waals surface area contributed by atoms with Crippen LogP contribution in [0.4, 0.5) is 16.6 Å². The number of aryl methyl sites for hydroxylation is 1. The summed E-state index contributed by atoms with van der Waals surface area (Å²) in [6.45, 7) is 1.99. The third-order valence-electron chi connectivity index (χ3n) is 3.81. The lowest BCUT2D eigenvalue weighted by Crippen LogP contribution is -2.12. The van der Waals surface area contributed by atoms with Crippen LogP contribution < -0.4 is 10.6 Å². The standard InChI is InChI=1S/C18H16ClN5OS2/c1-10-9-20-17(26-10)23-15-8-14(19)22-18(24-15)27-13-6-4-12(5-7-13)21-16(25)11-2-3-11/h4-9,11H,2-3H2,1H3,(H,21,25)(H,20,22,23,24). The van der Waals surface area contributed by atoms with Crippen LogP contribution in [-0.2, 0) is 4.79 Å². The number of carbonyl (C=O) groups excluding carboxylic acids is 1. The largest absolute Gasteiger partial charge is 0.326 e. The van der Waals surface area contributed by atoms with E-state index < -0.39 is 0 Å². The molecule has 0 spiro atoms. The topological polar surface area (TPSA) is 79.8 Å². The van der Waals surface area contributed by atoms with Gasteiger partial charge in [0.25, 0.3) is 0 Å². The van der Waals surface area contributed by atoms with Gasteiger partial charge in [-0.25, -0.2) is 15.0 Å². The average Bonchev–Trinajstić information content (AvgIpc) is 3.40. The Morgan fingerprint density at radius 3 is 2.70 bits per heavy atom. The fourth-order valence-electron chi connectivity index (χ4n) is 2.33. The molecule has 1 aliphatic rings. The summed E-state index contributed by atoms with van der Waals surface area (Å²) in [6.07, 6.45) is 3.78. The minimum atomic E-state index is 0.0988. The van der Waals surface area contributed by atoms with E-state index in [1.807, 2.05) is 31.2 Å². The molecule has 6 nitrogen and oxygen atoms in total. The first kappa shape index (κ1) is 18.2. The number of hydrogen-bond acceptors (Lipinski definition) is 7. The van der Waals surface area contributed by atoms with E-state index in [-0.39, 0.29) is 11.8 Å². The molecule has 0 atom stereocenters. The molecular formula is C18H16ClN5OS2. The van der Waals surface area contributed by atoms with Crippen molar-refractivity contribution in [1.82, 2.24) is 15.0 Å². The van der Waals surface area contributed by atoms with E-state index in [1.54, 1.807) is 23.6 Å². The number of thiazole rings is 1. The number of nitrogens with one attached hydrogen (secondary N) is 2. The zero-order valence-electron chi connectivity index (χ0n) is 14.4. The maximum absolute atomic E-state index is 11.8. The Bertz CT molecular complexity index is 972. The number of anilines is 3. The van der Waals surface area contributed by atoms with E-state index >= 15 is 0 Å². The van der Waals surface area contributed by atoms with E-state index in [9.17, 15) is 4.79 Å². The second-order valence-electron chi connectivity index (χ2n) is 6.15. The maximum Gasteiger partial charge on any atom is 0.227 e. The molecule has 2 heterocycles.